The van der Waals surface area contributed by atoms with E-state index in [9.17, 15) is 4.79 Å². The van der Waals surface area contributed by atoms with Gasteiger partial charge < -0.3 is 5.11 Å². The number of carboxylic acids is 1. The molecule has 2 aromatic rings. The summed E-state index contributed by atoms with van der Waals surface area (Å²) in [6.45, 7) is 4.42. The van der Waals surface area contributed by atoms with Crippen LogP contribution in [-0.4, -0.2) is 11.1 Å². The number of aromatic carboxylic acids is 1. The number of carboxylic acid groups (broad SMARTS) is 1. The van der Waals surface area contributed by atoms with Gasteiger partial charge in [0.25, 0.3) is 0 Å². The monoisotopic (exact) mass is 336 g/mol. The van der Waals surface area contributed by atoms with Crippen LogP contribution < -0.4 is 0 Å². The minimum atomic E-state index is -0.839. The number of fused-ring (bicyclic) bond motifs is 3. The van der Waals surface area contributed by atoms with Crippen LogP contribution >= 0.6 is 27.3 Å². The first-order valence-electron chi connectivity index (χ1n) is 6.05. The molecule has 0 saturated heterocycles. The van der Waals surface area contributed by atoms with Gasteiger partial charge in [0.2, 0.25) is 0 Å². The van der Waals surface area contributed by atoms with Crippen molar-refractivity contribution in [3.05, 3.63) is 44.7 Å². The highest BCUT2D eigenvalue weighted by Crippen LogP contribution is 2.47. The molecule has 0 bridgehead atoms. The quantitative estimate of drug-likeness (QED) is 0.818. The van der Waals surface area contributed by atoms with E-state index in [0.717, 1.165) is 26.9 Å². The third-order valence-electron chi connectivity index (χ3n) is 3.61. The van der Waals surface area contributed by atoms with E-state index >= 15 is 0 Å². The maximum absolute atomic E-state index is 11.2. The van der Waals surface area contributed by atoms with Gasteiger partial charge in [-0.15, -0.1) is 11.3 Å². The lowest BCUT2D eigenvalue weighted by Crippen LogP contribution is -2.24. The van der Waals surface area contributed by atoms with Crippen LogP contribution in [0.1, 0.15) is 34.6 Å². The highest BCUT2D eigenvalue weighted by Gasteiger charge is 2.33. The van der Waals surface area contributed by atoms with Gasteiger partial charge in [0.1, 0.15) is 4.88 Å². The lowest BCUT2D eigenvalue weighted by atomic mass is 9.73. The summed E-state index contributed by atoms with van der Waals surface area (Å²) in [5, 5.41) is 9.17. The average molecular weight is 337 g/mol. The van der Waals surface area contributed by atoms with Crippen molar-refractivity contribution in [1.29, 1.82) is 0 Å². The predicted octanol–water partition coefficient (Wildman–Crippen LogP) is 4.71. The molecule has 0 atom stereocenters. The summed E-state index contributed by atoms with van der Waals surface area (Å²) in [6, 6.07) is 8.12. The average Bonchev–Trinajstić information content (AvgIpc) is 2.71. The molecule has 0 saturated carbocycles. The number of benzene rings is 1. The van der Waals surface area contributed by atoms with Gasteiger partial charge in [-0.05, 0) is 46.7 Å². The highest BCUT2D eigenvalue weighted by atomic mass is 79.9. The lowest BCUT2D eigenvalue weighted by molar-refractivity contribution is 0.0702. The van der Waals surface area contributed by atoms with Crippen LogP contribution in [0.25, 0.3) is 10.4 Å². The summed E-state index contributed by atoms with van der Waals surface area (Å²) >= 11 is 4.88. The van der Waals surface area contributed by atoms with Gasteiger partial charge in [0.15, 0.2) is 0 Å². The number of rotatable bonds is 1. The van der Waals surface area contributed by atoms with Gasteiger partial charge in [-0.1, -0.05) is 35.8 Å². The van der Waals surface area contributed by atoms with Gasteiger partial charge >= 0.3 is 5.97 Å². The van der Waals surface area contributed by atoms with Gasteiger partial charge in [-0.3, -0.25) is 0 Å². The summed E-state index contributed by atoms with van der Waals surface area (Å²) in [5.74, 6) is -0.839. The molecule has 0 spiro atoms. The first-order valence-corrected chi connectivity index (χ1v) is 7.66. The molecule has 98 valence electrons. The SMILES string of the molecule is CC1(C)Cc2cc(C(=O)O)sc2-c2cc(Br)ccc21. The summed E-state index contributed by atoms with van der Waals surface area (Å²) in [6.07, 6.45) is 0.890. The van der Waals surface area contributed by atoms with E-state index in [-0.39, 0.29) is 5.41 Å². The van der Waals surface area contributed by atoms with E-state index in [1.165, 1.54) is 16.9 Å². The van der Waals surface area contributed by atoms with E-state index in [1.54, 1.807) is 0 Å². The molecular formula is C15H13BrO2S. The Kier molecular flexibility index (Phi) is 2.84. The summed E-state index contributed by atoms with van der Waals surface area (Å²) in [7, 11) is 0. The highest BCUT2D eigenvalue weighted by molar-refractivity contribution is 9.10. The van der Waals surface area contributed by atoms with Crippen molar-refractivity contribution in [2.24, 2.45) is 0 Å². The van der Waals surface area contributed by atoms with Crippen molar-refractivity contribution in [2.75, 3.05) is 0 Å². The fourth-order valence-corrected chi connectivity index (χ4v) is 4.17. The van der Waals surface area contributed by atoms with E-state index in [1.807, 2.05) is 6.07 Å². The molecule has 0 amide bonds. The number of carbonyl (C=O) groups is 1. The molecule has 0 radical (unpaired) electrons. The second-order valence-corrected chi connectivity index (χ2v) is 7.49. The Morgan fingerprint density at radius 2 is 2.11 bits per heavy atom. The van der Waals surface area contributed by atoms with Crippen molar-refractivity contribution in [2.45, 2.75) is 25.7 Å². The molecule has 3 rings (SSSR count). The molecule has 0 fully saturated rings. The van der Waals surface area contributed by atoms with Crippen LogP contribution in [0, 0.1) is 0 Å². The predicted molar refractivity (Wildman–Crippen MR) is 81.1 cm³/mol. The standard InChI is InChI=1S/C15H13BrO2S/c1-15(2)7-8-5-12(14(17)18)19-13(8)10-6-9(16)3-4-11(10)15/h3-6H,7H2,1-2H3,(H,17,18). The maximum Gasteiger partial charge on any atom is 0.345 e. The topological polar surface area (TPSA) is 37.3 Å². The van der Waals surface area contributed by atoms with Crippen molar-refractivity contribution in [3.63, 3.8) is 0 Å². The molecular weight excluding hydrogens is 324 g/mol. The van der Waals surface area contributed by atoms with Crippen molar-refractivity contribution in [1.82, 2.24) is 0 Å². The Bertz CT molecular complexity index is 685. The van der Waals surface area contributed by atoms with E-state index in [0.29, 0.717) is 4.88 Å². The molecule has 0 aliphatic heterocycles. The minimum absolute atomic E-state index is 0.0415. The summed E-state index contributed by atoms with van der Waals surface area (Å²) in [5.41, 5.74) is 3.65. The molecule has 19 heavy (non-hydrogen) atoms. The second-order valence-electron chi connectivity index (χ2n) is 5.52. The number of hydrogen-bond acceptors (Lipinski definition) is 2. The van der Waals surface area contributed by atoms with Crippen molar-refractivity contribution in [3.8, 4) is 10.4 Å². The van der Waals surface area contributed by atoms with Crippen LogP contribution in [0.15, 0.2) is 28.7 Å². The fraction of sp³-hybridized carbons (Fsp3) is 0.267. The molecule has 4 heteroatoms. The zero-order chi connectivity index (χ0) is 13.8. The Morgan fingerprint density at radius 1 is 1.37 bits per heavy atom. The number of thiophene rings is 1. The van der Waals surface area contributed by atoms with Crippen LogP contribution in [0.4, 0.5) is 0 Å². The Labute approximate surface area is 124 Å². The normalized spacial score (nSPS) is 15.7. The third kappa shape index (κ3) is 2.03. The molecule has 1 aliphatic rings. The van der Waals surface area contributed by atoms with Gasteiger partial charge in [-0.25, -0.2) is 4.79 Å². The Balaban J connectivity index is 2.28. The Hall–Kier alpha value is -1.13. The zero-order valence-corrected chi connectivity index (χ0v) is 13.1. The molecule has 1 aliphatic carbocycles. The van der Waals surface area contributed by atoms with E-state index in [4.69, 9.17) is 5.11 Å². The molecule has 1 heterocycles. The first kappa shape index (κ1) is 12.9. The first-order chi connectivity index (χ1) is 8.88. The zero-order valence-electron chi connectivity index (χ0n) is 10.7. The van der Waals surface area contributed by atoms with Gasteiger partial charge in [0, 0.05) is 9.35 Å². The van der Waals surface area contributed by atoms with Crippen LogP contribution in [0.2, 0.25) is 0 Å². The number of halogens is 1. The summed E-state index contributed by atoms with van der Waals surface area (Å²) in [4.78, 5) is 12.7. The van der Waals surface area contributed by atoms with Crippen LogP contribution in [-0.2, 0) is 11.8 Å². The minimum Gasteiger partial charge on any atom is -0.477 e. The summed E-state index contributed by atoms with van der Waals surface area (Å²) < 4.78 is 1.03. The second kappa shape index (κ2) is 4.18. The van der Waals surface area contributed by atoms with Crippen LogP contribution in [0.5, 0.6) is 0 Å². The van der Waals surface area contributed by atoms with E-state index in [2.05, 4.69) is 48.0 Å². The molecule has 0 unspecified atom stereocenters. The van der Waals surface area contributed by atoms with E-state index < -0.39 is 5.97 Å². The van der Waals surface area contributed by atoms with Crippen LogP contribution in [0.3, 0.4) is 0 Å². The van der Waals surface area contributed by atoms with Gasteiger partial charge in [-0.2, -0.15) is 0 Å². The molecule has 1 aromatic heterocycles. The molecule has 2 nitrogen and oxygen atoms in total. The third-order valence-corrected chi connectivity index (χ3v) is 5.30. The Morgan fingerprint density at radius 3 is 2.79 bits per heavy atom. The molecule has 1 N–H and O–H groups in total. The molecule has 1 aromatic carbocycles. The number of hydrogen-bond donors (Lipinski definition) is 1. The van der Waals surface area contributed by atoms with Gasteiger partial charge in [0.05, 0.1) is 0 Å². The van der Waals surface area contributed by atoms with Crippen molar-refractivity contribution < 1.29 is 9.90 Å². The van der Waals surface area contributed by atoms with Crippen molar-refractivity contribution >= 4 is 33.2 Å². The lowest BCUT2D eigenvalue weighted by Gasteiger charge is -2.32. The fourth-order valence-electron chi connectivity index (χ4n) is 2.76. The smallest absolute Gasteiger partial charge is 0.345 e. The largest absolute Gasteiger partial charge is 0.477 e. The maximum atomic E-state index is 11.2.